The fourth-order valence-electron chi connectivity index (χ4n) is 3.43. The highest BCUT2D eigenvalue weighted by Gasteiger charge is 2.26. The van der Waals surface area contributed by atoms with Gasteiger partial charge in [0.2, 0.25) is 11.7 Å². The van der Waals surface area contributed by atoms with Gasteiger partial charge in [-0.1, -0.05) is 5.10 Å². The number of hydrogen-bond acceptors (Lipinski definition) is 8. The summed E-state index contributed by atoms with van der Waals surface area (Å²) in [6.45, 7) is 2.58. The summed E-state index contributed by atoms with van der Waals surface area (Å²) >= 11 is 0. The van der Waals surface area contributed by atoms with E-state index in [4.69, 9.17) is 18.9 Å². The van der Waals surface area contributed by atoms with Crippen molar-refractivity contribution < 1.29 is 18.9 Å². The van der Waals surface area contributed by atoms with Crippen LogP contribution in [0.1, 0.15) is 24.1 Å². The van der Waals surface area contributed by atoms with Gasteiger partial charge < -0.3 is 24.3 Å². The van der Waals surface area contributed by atoms with E-state index in [2.05, 4.69) is 26.9 Å². The average Bonchev–Trinajstić information content (AvgIpc) is 3.27. The number of tetrazole rings is 1. The molecule has 4 rings (SSSR count). The van der Waals surface area contributed by atoms with E-state index in [-0.39, 0.29) is 6.04 Å². The summed E-state index contributed by atoms with van der Waals surface area (Å²) in [4.78, 5) is 0. The minimum Gasteiger partial charge on any atom is -0.494 e. The van der Waals surface area contributed by atoms with Gasteiger partial charge in [0, 0.05) is 5.70 Å². The Bertz CT molecular complexity index is 1040. The van der Waals surface area contributed by atoms with Crippen molar-refractivity contribution in [3.05, 3.63) is 53.6 Å². The molecule has 2 heterocycles. The molecule has 1 aliphatic rings. The molecule has 1 unspecified atom stereocenters. The molecule has 1 atom stereocenters. The van der Waals surface area contributed by atoms with Crippen molar-refractivity contribution in [1.29, 1.82) is 0 Å². The van der Waals surface area contributed by atoms with Gasteiger partial charge in [-0.2, -0.15) is 4.68 Å². The smallest absolute Gasteiger partial charge is 0.248 e. The molecule has 0 spiro atoms. The molecule has 0 radical (unpaired) electrons. The zero-order valence-electron chi connectivity index (χ0n) is 17.2. The second-order valence-corrected chi connectivity index (χ2v) is 6.51. The number of allylic oxidation sites excluding steroid dienone is 1. The fourth-order valence-corrected chi connectivity index (χ4v) is 3.43. The molecule has 0 fully saturated rings. The summed E-state index contributed by atoms with van der Waals surface area (Å²) in [5.41, 5.74) is 2.77. The number of hydrogen-bond donors (Lipinski definition) is 1. The van der Waals surface area contributed by atoms with Crippen LogP contribution in [0.25, 0.3) is 5.70 Å². The lowest BCUT2D eigenvalue weighted by molar-refractivity contribution is 0.323. The molecule has 1 aromatic heterocycles. The van der Waals surface area contributed by atoms with Crippen LogP contribution >= 0.6 is 0 Å². The number of anilines is 1. The van der Waals surface area contributed by atoms with Crippen LogP contribution in [0.2, 0.25) is 0 Å². The molecule has 1 N–H and O–H groups in total. The lowest BCUT2D eigenvalue weighted by Crippen LogP contribution is -2.20. The number of nitrogens with zero attached hydrogens (tertiary/aromatic N) is 4. The summed E-state index contributed by atoms with van der Waals surface area (Å²) in [5, 5.41) is 15.4. The van der Waals surface area contributed by atoms with E-state index in [1.807, 2.05) is 43.3 Å². The Morgan fingerprint density at radius 1 is 1.00 bits per heavy atom. The van der Waals surface area contributed by atoms with Crippen molar-refractivity contribution >= 4 is 11.6 Å². The number of ether oxygens (including phenoxy) is 4. The molecule has 0 amide bonds. The second-order valence-electron chi connectivity index (χ2n) is 6.51. The largest absolute Gasteiger partial charge is 0.494 e. The van der Waals surface area contributed by atoms with Gasteiger partial charge in [-0.15, -0.1) is 0 Å². The van der Waals surface area contributed by atoms with Crippen molar-refractivity contribution in [2.45, 2.75) is 13.0 Å². The molecular formula is C21H23N5O4. The fraction of sp³-hybridized carbons (Fsp3) is 0.286. The first kappa shape index (κ1) is 19.6. The van der Waals surface area contributed by atoms with Gasteiger partial charge in [-0.3, -0.25) is 0 Å². The van der Waals surface area contributed by atoms with Crippen LogP contribution in [0, 0.1) is 0 Å². The molecule has 0 aliphatic carbocycles. The average molecular weight is 409 g/mol. The maximum Gasteiger partial charge on any atom is 0.248 e. The minimum atomic E-state index is -0.272. The third-order valence-electron chi connectivity index (χ3n) is 4.83. The SMILES string of the molecule is CCOc1ccc(C2=CC(c3cc(OC)c(OC)c(OC)c3)n3nnnc3N2)cc1. The van der Waals surface area contributed by atoms with E-state index in [1.54, 1.807) is 26.0 Å². The summed E-state index contributed by atoms with van der Waals surface area (Å²) in [5.74, 6) is 3.03. The second kappa shape index (κ2) is 8.32. The molecule has 1 aliphatic heterocycles. The van der Waals surface area contributed by atoms with Crippen molar-refractivity contribution in [3.8, 4) is 23.0 Å². The predicted molar refractivity (Wildman–Crippen MR) is 111 cm³/mol. The number of aromatic nitrogens is 4. The number of methoxy groups -OCH3 is 3. The first-order chi connectivity index (χ1) is 14.7. The minimum absolute atomic E-state index is 0.272. The van der Waals surface area contributed by atoms with Crippen molar-refractivity contribution in [2.24, 2.45) is 0 Å². The van der Waals surface area contributed by atoms with Crippen molar-refractivity contribution in [3.63, 3.8) is 0 Å². The van der Waals surface area contributed by atoms with Crippen LogP contribution in [0.15, 0.2) is 42.5 Å². The Morgan fingerprint density at radius 3 is 2.30 bits per heavy atom. The highest BCUT2D eigenvalue weighted by Crippen LogP contribution is 2.42. The molecule has 0 saturated heterocycles. The Balaban J connectivity index is 1.78. The Morgan fingerprint density at radius 2 is 1.70 bits per heavy atom. The van der Waals surface area contributed by atoms with E-state index in [9.17, 15) is 0 Å². The lowest BCUT2D eigenvalue weighted by Gasteiger charge is -2.24. The Hall–Kier alpha value is -3.75. The molecule has 9 nitrogen and oxygen atoms in total. The lowest BCUT2D eigenvalue weighted by atomic mass is 10.0. The molecule has 156 valence electrons. The van der Waals surface area contributed by atoms with E-state index in [0.717, 1.165) is 22.6 Å². The van der Waals surface area contributed by atoms with Crippen molar-refractivity contribution in [2.75, 3.05) is 33.3 Å². The van der Waals surface area contributed by atoms with E-state index in [0.29, 0.717) is 29.8 Å². The number of rotatable bonds is 7. The van der Waals surface area contributed by atoms with Crippen LogP contribution in [-0.4, -0.2) is 48.1 Å². The van der Waals surface area contributed by atoms with Crippen LogP contribution in [0.4, 0.5) is 5.95 Å². The molecule has 0 bridgehead atoms. The van der Waals surface area contributed by atoms with Crippen LogP contribution in [0.5, 0.6) is 23.0 Å². The standard InChI is InChI=1S/C21H23N5O4/c1-5-30-15-8-6-13(7-9-15)16-12-17(26-21(22-16)23-24-25-26)14-10-18(27-2)20(29-4)19(11-14)28-3/h6-12,17H,5H2,1-4H3,(H,22,23,25). The molecule has 3 aromatic rings. The number of fused-ring (bicyclic) bond motifs is 1. The Labute approximate surface area is 174 Å². The quantitative estimate of drug-likeness (QED) is 0.636. The molecule has 2 aromatic carbocycles. The van der Waals surface area contributed by atoms with Gasteiger partial charge in [0.25, 0.3) is 0 Å². The predicted octanol–water partition coefficient (Wildman–Crippen LogP) is 3.15. The first-order valence-electron chi connectivity index (χ1n) is 9.48. The molecule has 30 heavy (non-hydrogen) atoms. The van der Waals surface area contributed by atoms with E-state index in [1.165, 1.54) is 0 Å². The normalized spacial score (nSPS) is 14.9. The van der Waals surface area contributed by atoms with E-state index >= 15 is 0 Å². The number of nitrogens with one attached hydrogen (secondary N) is 1. The highest BCUT2D eigenvalue weighted by atomic mass is 16.5. The van der Waals surface area contributed by atoms with Gasteiger partial charge in [-0.25, -0.2) is 0 Å². The summed E-state index contributed by atoms with van der Waals surface area (Å²) in [6.07, 6.45) is 2.06. The summed E-state index contributed by atoms with van der Waals surface area (Å²) < 4.78 is 23.7. The Kier molecular flexibility index (Phi) is 5.42. The molecule has 9 heteroatoms. The van der Waals surface area contributed by atoms with Crippen LogP contribution in [0.3, 0.4) is 0 Å². The third kappa shape index (κ3) is 3.49. The molecule has 0 saturated carbocycles. The monoisotopic (exact) mass is 409 g/mol. The maximum atomic E-state index is 5.54. The van der Waals surface area contributed by atoms with Gasteiger partial charge >= 0.3 is 0 Å². The highest BCUT2D eigenvalue weighted by molar-refractivity contribution is 5.77. The summed E-state index contributed by atoms with van der Waals surface area (Å²) in [7, 11) is 4.76. The van der Waals surface area contributed by atoms with Gasteiger partial charge in [0.15, 0.2) is 11.5 Å². The third-order valence-corrected chi connectivity index (χ3v) is 4.83. The zero-order valence-corrected chi connectivity index (χ0v) is 17.2. The summed E-state index contributed by atoms with van der Waals surface area (Å²) in [6, 6.07) is 11.4. The van der Waals surface area contributed by atoms with Gasteiger partial charge in [-0.05, 0) is 71.0 Å². The number of benzene rings is 2. The van der Waals surface area contributed by atoms with Crippen LogP contribution < -0.4 is 24.3 Å². The van der Waals surface area contributed by atoms with Crippen molar-refractivity contribution in [1.82, 2.24) is 20.2 Å². The van der Waals surface area contributed by atoms with Crippen LogP contribution in [-0.2, 0) is 0 Å². The topological polar surface area (TPSA) is 92.5 Å². The maximum absolute atomic E-state index is 5.54. The van der Waals surface area contributed by atoms with Gasteiger partial charge in [0.1, 0.15) is 11.8 Å². The first-order valence-corrected chi connectivity index (χ1v) is 9.48. The van der Waals surface area contributed by atoms with Gasteiger partial charge in [0.05, 0.1) is 27.9 Å². The zero-order chi connectivity index (χ0) is 21.1. The van der Waals surface area contributed by atoms with E-state index < -0.39 is 0 Å². The molecular weight excluding hydrogens is 386 g/mol.